The number of hydrogen-bond donors (Lipinski definition) is 2. The van der Waals surface area contributed by atoms with Gasteiger partial charge in [0.25, 0.3) is 10.0 Å². The predicted molar refractivity (Wildman–Crippen MR) is 91.6 cm³/mol. The van der Waals surface area contributed by atoms with E-state index in [2.05, 4.69) is 9.88 Å². The van der Waals surface area contributed by atoms with E-state index in [4.69, 9.17) is 4.52 Å². The molecule has 3 rings (SSSR count). The van der Waals surface area contributed by atoms with Gasteiger partial charge < -0.3 is 9.63 Å². The maximum absolute atomic E-state index is 12.7. The standard InChI is InChI=1S/C16H16N2O4S2/c1-10-11(2)17-22-16(10)18-24(20,21)13-8-9-23-15(13)14(19)12-6-4-3-5-7-12/h3-9,14,18-19H,1-2H3. The Bertz CT molecular complexity index is 946. The normalized spacial score (nSPS) is 13.0. The van der Waals surface area contributed by atoms with Crippen molar-refractivity contribution in [1.82, 2.24) is 5.16 Å². The topological polar surface area (TPSA) is 92.4 Å². The second-order valence-electron chi connectivity index (χ2n) is 5.29. The number of benzene rings is 1. The molecular weight excluding hydrogens is 348 g/mol. The third-order valence-electron chi connectivity index (χ3n) is 3.69. The fraction of sp³-hybridized carbons (Fsp3) is 0.188. The van der Waals surface area contributed by atoms with Crippen LogP contribution >= 0.6 is 11.3 Å². The van der Waals surface area contributed by atoms with Crippen molar-refractivity contribution in [3.8, 4) is 0 Å². The molecule has 126 valence electrons. The van der Waals surface area contributed by atoms with Gasteiger partial charge in [0, 0.05) is 5.56 Å². The van der Waals surface area contributed by atoms with E-state index in [0.29, 0.717) is 21.7 Å². The van der Waals surface area contributed by atoms with Crippen molar-refractivity contribution in [3.05, 3.63) is 63.5 Å². The first-order valence-electron chi connectivity index (χ1n) is 7.16. The van der Waals surface area contributed by atoms with E-state index in [0.717, 1.165) is 0 Å². The van der Waals surface area contributed by atoms with Crippen LogP contribution in [0.1, 0.15) is 27.8 Å². The summed E-state index contributed by atoms with van der Waals surface area (Å²) in [6.07, 6.45) is -1.02. The van der Waals surface area contributed by atoms with Gasteiger partial charge in [-0.2, -0.15) is 0 Å². The van der Waals surface area contributed by atoms with Crippen molar-refractivity contribution < 1.29 is 18.0 Å². The Balaban J connectivity index is 1.96. The molecule has 2 heterocycles. The van der Waals surface area contributed by atoms with E-state index in [-0.39, 0.29) is 10.8 Å². The highest BCUT2D eigenvalue weighted by Crippen LogP contribution is 2.33. The minimum atomic E-state index is -3.90. The van der Waals surface area contributed by atoms with Gasteiger partial charge in [0.05, 0.1) is 10.6 Å². The maximum atomic E-state index is 12.7. The van der Waals surface area contributed by atoms with Gasteiger partial charge in [-0.25, -0.2) is 13.1 Å². The summed E-state index contributed by atoms with van der Waals surface area (Å²) in [7, 11) is -3.90. The molecule has 0 spiro atoms. The lowest BCUT2D eigenvalue weighted by molar-refractivity contribution is 0.221. The highest BCUT2D eigenvalue weighted by atomic mass is 32.2. The number of anilines is 1. The lowest BCUT2D eigenvalue weighted by atomic mass is 10.1. The van der Waals surface area contributed by atoms with E-state index in [1.165, 1.54) is 17.4 Å². The second-order valence-corrected chi connectivity index (χ2v) is 7.89. The Morgan fingerprint density at radius 3 is 2.54 bits per heavy atom. The molecule has 0 amide bonds. The molecule has 1 atom stereocenters. The predicted octanol–water partition coefficient (Wildman–Crippen LogP) is 3.24. The number of aliphatic hydroxyl groups is 1. The highest BCUT2D eigenvalue weighted by Gasteiger charge is 2.27. The minimum Gasteiger partial charge on any atom is -0.383 e. The van der Waals surface area contributed by atoms with E-state index in [9.17, 15) is 13.5 Å². The number of aromatic nitrogens is 1. The molecule has 0 radical (unpaired) electrons. The molecule has 2 N–H and O–H groups in total. The van der Waals surface area contributed by atoms with Crippen molar-refractivity contribution >= 4 is 27.2 Å². The minimum absolute atomic E-state index is 0.0253. The van der Waals surface area contributed by atoms with Crippen LogP contribution in [0.5, 0.6) is 0 Å². The van der Waals surface area contributed by atoms with Gasteiger partial charge in [0.1, 0.15) is 11.0 Å². The van der Waals surface area contributed by atoms with E-state index in [1.54, 1.807) is 43.5 Å². The second kappa shape index (κ2) is 6.39. The summed E-state index contributed by atoms with van der Waals surface area (Å²) in [5.74, 6) is 0.0823. The fourth-order valence-corrected chi connectivity index (χ4v) is 4.73. The lowest BCUT2D eigenvalue weighted by Gasteiger charge is -2.12. The van der Waals surface area contributed by atoms with Crippen LogP contribution in [0.15, 0.2) is 51.2 Å². The average molecular weight is 364 g/mol. The molecule has 2 aromatic heterocycles. The largest absolute Gasteiger partial charge is 0.383 e. The SMILES string of the molecule is Cc1noc(NS(=O)(=O)c2ccsc2C(O)c2ccccc2)c1C. The number of hydrogen-bond acceptors (Lipinski definition) is 6. The summed E-state index contributed by atoms with van der Waals surface area (Å²) in [6, 6.07) is 10.4. The number of rotatable bonds is 5. The van der Waals surface area contributed by atoms with Gasteiger partial charge in [-0.1, -0.05) is 35.5 Å². The Labute approximate surface area is 143 Å². The van der Waals surface area contributed by atoms with Crippen LogP contribution < -0.4 is 4.72 Å². The lowest BCUT2D eigenvalue weighted by Crippen LogP contribution is -2.15. The van der Waals surface area contributed by atoms with Gasteiger partial charge in [-0.05, 0) is 30.9 Å². The first-order valence-corrected chi connectivity index (χ1v) is 9.52. The zero-order valence-corrected chi connectivity index (χ0v) is 14.7. The quantitative estimate of drug-likeness (QED) is 0.725. The van der Waals surface area contributed by atoms with Crippen LogP contribution in [0, 0.1) is 13.8 Å². The van der Waals surface area contributed by atoms with Crippen molar-refractivity contribution in [2.45, 2.75) is 24.8 Å². The molecule has 0 fully saturated rings. The van der Waals surface area contributed by atoms with Gasteiger partial charge in [0.15, 0.2) is 0 Å². The zero-order chi connectivity index (χ0) is 17.3. The van der Waals surface area contributed by atoms with Gasteiger partial charge >= 0.3 is 0 Å². The molecule has 0 saturated heterocycles. The first-order chi connectivity index (χ1) is 11.4. The summed E-state index contributed by atoms with van der Waals surface area (Å²) in [6.45, 7) is 3.45. The first kappa shape index (κ1) is 16.7. The van der Waals surface area contributed by atoms with Crippen LogP contribution in [0.3, 0.4) is 0 Å². The average Bonchev–Trinajstić information content (AvgIpc) is 3.18. The molecule has 24 heavy (non-hydrogen) atoms. The van der Waals surface area contributed by atoms with Crippen molar-refractivity contribution in [3.63, 3.8) is 0 Å². The highest BCUT2D eigenvalue weighted by molar-refractivity contribution is 7.92. The molecule has 3 aromatic rings. The van der Waals surface area contributed by atoms with Crippen molar-refractivity contribution in [1.29, 1.82) is 0 Å². The smallest absolute Gasteiger partial charge is 0.265 e. The Hall–Kier alpha value is -2.16. The summed E-state index contributed by atoms with van der Waals surface area (Å²) < 4.78 is 32.8. The number of sulfonamides is 1. The van der Waals surface area contributed by atoms with Crippen LogP contribution in [-0.2, 0) is 10.0 Å². The molecule has 1 aromatic carbocycles. The number of aliphatic hydroxyl groups excluding tert-OH is 1. The van der Waals surface area contributed by atoms with Crippen molar-refractivity contribution in [2.75, 3.05) is 4.72 Å². The molecule has 0 aliphatic rings. The molecular formula is C16H16N2O4S2. The molecule has 0 bridgehead atoms. The van der Waals surface area contributed by atoms with E-state index >= 15 is 0 Å². The number of nitrogens with zero attached hydrogens (tertiary/aromatic N) is 1. The number of thiophene rings is 1. The van der Waals surface area contributed by atoms with Gasteiger partial charge in [0.2, 0.25) is 5.88 Å². The fourth-order valence-electron chi connectivity index (χ4n) is 2.20. The van der Waals surface area contributed by atoms with Gasteiger partial charge in [-0.15, -0.1) is 11.3 Å². The molecule has 0 aliphatic carbocycles. The zero-order valence-electron chi connectivity index (χ0n) is 13.1. The molecule has 0 aliphatic heterocycles. The molecule has 0 saturated carbocycles. The summed E-state index contributed by atoms with van der Waals surface area (Å²) in [4.78, 5) is 0.375. The van der Waals surface area contributed by atoms with E-state index < -0.39 is 16.1 Å². The summed E-state index contributed by atoms with van der Waals surface area (Å²) >= 11 is 1.18. The Morgan fingerprint density at radius 2 is 1.92 bits per heavy atom. The number of nitrogens with one attached hydrogen (secondary N) is 1. The monoisotopic (exact) mass is 364 g/mol. The third-order valence-corrected chi connectivity index (χ3v) is 6.18. The molecule has 8 heteroatoms. The van der Waals surface area contributed by atoms with Crippen LogP contribution in [0.4, 0.5) is 5.88 Å². The Kier molecular flexibility index (Phi) is 4.44. The Morgan fingerprint density at radius 1 is 1.21 bits per heavy atom. The van der Waals surface area contributed by atoms with Crippen LogP contribution in [0.2, 0.25) is 0 Å². The van der Waals surface area contributed by atoms with Gasteiger partial charge in [-0.3, -0.25) is 0 Å². The summed E-state index contributed by atoms with van der Waals surface area (Å²) in [5, 5.41) is 15.9. The van der Waals surface area contributed by atoms with E-state index in [1.807, 2.05) is 6.07 Å². The van der Waals surface area contributed by atoms with Crippen LogP contribution in [0.25, 0.3) is 0 Å². The number of aryl methyl sites for hydroxylation is 1. The third kappa shape index (κ3) is 3.08. The van der Waals surface area contributed by atoms with Crippen LogP contribution in [-0.4, -0.2) is 18.7 Å². The van der Waals surface area contributed by atoms with Crippen molar-refractivity contribution in [2.24, 2.45) is 0 Å². The molecule has 1 unspecified atom stereocenters. The molecule has 6 nitrogen and oxygen atoms in total. The maximum Gasteiger partial charge on any atom is 0.265 e. The summed E-state index contributed by atoms with van der Waals surface area (Å²) in [5.41, 5.74) is 1.87.